The normalized spacial score (nSPS) is 14.3. The predicted molar refractivity (Wildman–Crippen MR) is 150 cm³/mol. The summed E-state index contributed by atoms with van der Waals surface area (Å²) in [6.07, 6.45) is 1.76. The summed E-state index contributed by atoms with van der Waals surface area (Å²) in [5.41, 5.74) is 4.12. The van der Waals surface area contributed by atoms with E-state index in [1.165, 1.54) is 18.9 Å². The highest BCUT2D eigenvalue weighted by molar-refractivity contribution is 8.27. The molecule has 36 heavy (non-hydrogen) atoms. The Hall–Kier alpha value is -3.33. The van der Waals surface area contributed by atoms with Crippen molar-refractivity contribution in [1.82, 2.24) is 0 Å². The number of benzene rings is 3. The number of halogens is 1. The maximum Gasteiger partial charge on any atom is 0.270 e. The zero-order valence-corrected chi connectivity index (χ0v) is 22.2. The molecule has 0 bridgehead atoms. The van der Waals surface area contributed by atoms with Gasteiger partial charge in [0.1, 0.15) is 0 Å². The number of thioether (sulfide) groups is 1. The van der Waals surface area contributed by atoms with E-state index >= 15 is 0 Å². The van der Waals surface area contributed by atoms with Gasteiger partial charge in [-0.2, -0.15) is 0 Å². The lowest BCUT2D eigenvalue weighted by atomic mass is 10.1. The van der Waals surface area contributed by atoms with Crippen molar-refractivity contribution < 1.29 is 19.1 Å². The molecule has 3 aromatic rings. The average molecular weight is 539 g/mol. The number of amides is 2. The van der Waals surface area contributed by atoms with Gasteiger partial charge in [0, 0.05) is 0 Å². The van der Waals surface area contributed by atoms with Gasteiger partial charge in [-0.15, -0.1) is 0 Å². The fraction of sp³-hybridized carbons (Fsp3) is 0.148. The van der Waals surface area contributed by atoms with E-state index in [1.807, 2.05) is 32.0 Å². The third kappa shape index (κ3) is 5.73. The van der Waals surface area contributed by atoms with Crippen LogP contribution < -0.4 is 19.7 Å². The SMILES string of the molecule is COc1cc(/C=C2\SC(=S)N(c3ccc(C)cc3C)C2=O)ccc1OCC(=O)Nc1ccccc1Cl. The predicted octanol–water partition coefficient (Wildman–Crippen LogP) is 6.39. The van der Waals surface area contributed by atoms with Crippen molar-refractivity contribution in [3.05, 3.63) is 87.3 Å². The lowest BCUT2D eigenvalue weighted by Crippen LogP contribution is -2.28. The standard InChI is InChI=1S/C27H23ClN2O4S2/c1-16-8-10-21(17(2)12-16)30-26(32)24(36-27(30)35)14-18-9-11-22(23(13-18)33-3)34-15-25(31)29-20-7-5-4-6-19(20)28/h4-14H,15H2,1-3H3,(H,29,31)/b24-14-. The van der Waals surface area contributed by atoms with Gasteiger partial charge in [-0.1, -0.05) is 71.5 Å². The Kier molecular flexibility index (Phi) is 7.98. The summed E-state index contributed by atoms with van der Waals surface area (Å²) in [6, 6.07) is 18.1. The number of aryl methyl sites for hydroxylation is 2. The molecular formula is C27H23ClN2O4S2. The average Bonchev–Trinajstić information content (AvgIpc) is 3.12. The van der Waals surface area contributed by atoms with Crippen molar-refractivity contribution in [1.29, 1.82) is 0 Å². The topological polar surface area (TPSA) is 67.9 Å². The van der Waals surface area contributed by atoms with Crippen LogP contribution in [0.5, 0.6) is 11.5 Å². The van der Waals surface area contributed by atoms with E-state index in [4.69, 9.17) is 33.3 Å². The molecule has 1 aliphatic heterocycles. The van der Waals surface area contributed by atoms with Crippen LogP contribution in [0, 0.1) is 13.8 Å². The van der Waals surface area contributed by atoms with Gasteiger partial charge in [0.15, 0.2) is 22.4 Å². The van der Waals surface area contributed by atoms with Crippen molar-refractivity contribution in [2.24, 2.45) is 0 Å². The zero-order chi connectivity index (χ0) is 25.8. The molecule has 0 aliphatic carbocycles. The molecule has 0 unspecified atom stereocenters. The number of methoxy groups -OCH3 is 1. The number of hydrogen-bond donors (Lipinski definition) is 1. The fourth-order valence-corrected chi connectivity index (χ4v) is 5.14. The Balaban J connectivity index is 1.47. The van der Waals surface area contributed by atoms with Crippen molar-refractivity contribution in [3.63, 3.8) is 0 Å². The Morgan fingerprint density at radius 3 is 2.61 bits per heavy atom. The number of carbonyl (C=O) groups excluding carboxylic acids is 2. The Bertz CT molecular complexity index is 1390. The highest BCUT2D eigenvalue weighted by Gasteiger charge is 2.34. The highest BCUT2D eigenvalue weighted by Crippen LogP contribution is 2.38. The van der Waals surface area contributed by atoms with E-state index in [-0.39, 0.29) is 18.4 Å². The molecule has 1 aliphatic rings. The van der Waals surface area contributed by atoms with Gasteiger partial charge < -0.3 is 14.8 Å². The van der Waals surface area contributed by atoms with E-state index in [1.54, 1.807) is 53.4 Å². The van der Waals surface area contributed by atoms with Gasteiger partial charge in [0.2, 0.25) is 0 Å². The molecule has 0 spiro atoms. The molecule has 1 N–H and O–H groups in total. The zero-order valence-electron chi connectivity index (χ0n) is 19.8. The van der Waals surface area contributed by atoms with E-state index in [0.717, 1.165) is 22.4 Å². The molecule has 4 rings (SSSR count). The molecular weight excluding hydrogens is 516 g/mol. The van der Waals surface area contributed by atoms with Crippen molar-refractivity contribution in [3.8, 4) is 11.5 Å². The number of thiocarbonyl (C=S) groups is 1. The van der Waals surface area contributed by atoms with Gasteiger partial charge >= 0.3 is 0 Å². The first-order chi connectivity index (χ1) is 17.3. The minimum atomic E-state index is -0.357. The molecule has 2 amide bonds. The van der Waals surface area contributed by atoms with E-state index in [9.17, 15) is 9.59 Å². The van der Waals surface area contributed by atoms with E-state index in [2.05, 4.69) is 5.32 Å². The molecule has 0 saturated carbocycles. The first-order valence-corrected chi connectivity index (χ1v) is 12.6. The number of carbonyl (C=O) groups is 2. The van der Waals surface area contributed by atoms with Crippen molar-refractivity contribution >= 4 is 69.2 Å². The van der Waals surface area contributed by atoms with Crippen LogP contribution in [0.25, 0.3) is 6.08 Å². The highest BCUT2D eigenvalue weighted by atomic mass is 35.5. The molecule has 1 saturated heterocycles. The number of nitrogens with zero attached hydrogens (tertiary/aromatic N) is 1. The Morgan fingerprint density at radius 2 is 1.89 bits per heavy atom. The number of anilines is 2. The van der Waals surface area contributed by atoms with Crippen LogP contribution in [0.4, 0.5) is 11.4 Å². The summed E-state index contributed by atoms with van der Waals surface area (Å²) in [5, 5.41) is 3.15. The second-order valence-corrected chi connectivity index (χ2v) is 10.1. The molecule has 0 atom stereocenters. The molecule has 9 heteroatoms. The summed E-state index contributed by atoms with van der Waals surface area (Å²) in [4.78, 5) is 27.5. The summed E-state index contributed by atoms with van der Waals surface area (Å²) < 4.78 is 11.6. The third-order valence-corrected chi connectivity index (χ3v) is 7.01. The van der Waals surface area contributed by atoms with Crippen LogP contribution in [0.3, 0.4) is 0 Å². The molecule has 3 aromatic carbocycles. The van der Waals surface area contributed by atoms with Crippen molar-refractivity contribution in [2.45, 2.75) is 13.8 Å². The summed E-state index contributed by atoms with van der Waals surface area (Å²) in [5.74, 6) is 0.294. The van der Waals surface area contributed by atoms with Gasteiger partial charge in [-0.25, -0.2) is 0 Å². The Labute approximate surface area is 224 Å². The number of nitrogens with one attached hydrogen (secondary N) is 1. The number of para-hydroxylation sites is 1. The molecule has 1 heterocycles. The van der Waals surface area contributed by atoms with Crippen LogP contribution in [0.15, 0.2) is 65.6 Å². The Morgan fingerprint density at radius 1 is 1.11 bits per heavy atom. The first kappa shape index (κ1) is 25.8. The maximum atomic E-state index is 13.2. The quantitative estimate of drug-likeness (QED) is 0.278. The molecule has 1 fully saturated rings. The molecule has 0 aromatic heterocycles. The summed E-state index contributed by atoms with van der Waals surface area (Å²) >= 11 is 12.8. The summed E-state index contributed by atoms with van der Waals surface area (Å²) in [7, 11) is 1.51. The molecule has 184 valence electrons. The van der Waals surface area contributed by atoms with Crippen LogP contribution in [-0.2, 0) is 9.59 Å². The second kappa shape index (κ2) is 11.2. The largest absolute Gasteiger partial charge is 0.493 e. The number of ether oxygens (including phenoxy) is 2. The molecule has 0 radical (unpaired) electrons. The maximum absolute atomic E-state index is 13.2. The van der Waals surface area contributed by atoms with E-state index in [0.29, 0.717) is 31.4 Å². The number of rotatable bonds is 7. The second-order valence-electron chi connectivity index (χ2n) is 8.03. The van der Waals surface area contributed by atoms with Crippen LogP contribution in [0.1, 0.15) is 16.7 Å². The van der Waals surface area contributed by atoms with Crippen LogP contribution >= 0.6 is 35.6 Å². The van der Waals surface area contributed by atoms with Crippen LogP contribution in [0.2, 0.25) is 5.02 Å². The fourth-order valence-electron chi connectivity index (χ4n) is 3.67. The number of hydrogen-bond acceptors (Lipinski definition) is 6. The van der Waals surface area contributed by atoms with Gasteiger partial charge in [-0.3, -0.25) is 14.5 Å². The van der Waals surface area contributed by atoms with E-state index < -0.39 is 0 Å². The van der Waals surface area contributed by atoms with Crippen molar-refractivity contribution in [2.75, 3.05) is 23.9 Å². The van der Waals surface area contributed by atoms with Gasteiger partial charge in [0.05, 0.1) is 28.4 Å². The summed E-state index contributed by atoms with van der Waals surface area (Å²) in [6.45, 7) is 3.74. The van der Waals surface area contributed by atoms with Gasteiger partial charge in [-0.05, 0) is 61.4 Å². The van der Waals surface area contributed by atoms with Crippen LogP contribution in [-0.4, -0.2) is 29.9 Å². The first-order valence-electron chi connectivity index (χ1n) is 11.0. The molecule has 6 nitrogen and oxygen atoms in total. The van der Waals surface area contributed by atoms with Gasteiger partial charge in [0.25, 0.3) is 11.8 Å². The smallest absolute Gasteiger partial charge is 0.270 e. The lowest BCUT2D eigenvalue weighted by Gasteiger charge is -2.17. The lowest BCUT2D eigenvalue weighted by molar-refractivity contribution is -0.118. The third-order valence-electron chi connectivity index (χ3n) is 5.38. The minimum Gasteiger partial charge on any atom is -0.493 e. The minimum absolute atomic E-state index is 0.174. The monoisotopic (exact) mass is 538 g/mol.